The smallest absolute Gasteiger partial charge is 0.340 e. The average molecular weight is 328 g/mol. The summed E-state index contributed by atoms with van der Waals surface area (Å²) in [5, 5.41) is 3.70. The molecule has 2 aromatic rings. The molecule has 0 aliphatic rings. The molecule has 0 bridgehead atoms. The Hall–Kier alpha value is -2.43. The molecule has 0 radical (unpaired) electrons. The van der Waals surface area contributed by atoms with E-state index < -0.39 is 5.97 Å². The van der Waals surface area contributed by atoms with Crippen LogP contribution in [0.25, 0.3) is 10.9 Å². The molecule has 0 fully saturated rings. The van der Waals surface area contributed by atoms with Crippen molar-refractivity contribution in [3.8, 4) is 0 Å². The molecule has 1 N–H and O–H groups in total. The second-order valence-corrected chi connectivity index (χ2v) is 5.88. The molecule has 0 saturated heterocycles. The van der Waals surface area contributed by atoms with Crippen molar-refractivity contribution in [2.24, 2.45) is 0 Å². The molecule has 2 rings (SSSR count). The number of amides is 1. The number of carbonyl (C=O) groups is 2. The fourth-order valence-corrected chi connectivity index (χ4v) is 2.59. The third-order valence-corrected chi connectivity index (χ3v) is 4.12. The van der Waals surface area contributed by atoms with Gasteiger partial charge in [-0.3, -0.25) is 9.78 Å². The van der Waals surface area contributed by atoms with Gasteiger partial charge in [0.25, 0.3) is 5.91 Å². The summed E-state index contributed by atoms with van der Waals surface area (Å²) in [5.74, 6) is -0.788. The summed E-state index contributed by atoms with van der Waals surface area (Å²) in [6.45, 7) is 7.45. The van der Waals surface area contributed by atoms with Crippen molar-refractivity contribution < 1.29 is 14.3 Å². The van der Waals surface area contributed by atoms with Crippen LogP contribution in [0.15, 0.2) is 24.3 Å². The number of fused-ring (bicyclic) bond motifs is 1. The van der Waals surface area contributed by atoms with E-state index in [0.29, 0.717) is 17.7 Å². The SMILES string of the molecule is CCc1nc2ccccc2c(C)c1C(=O)OCC(=O)N[C@@H](C)CC. The highest BCUT2D eigenvalue weighted by Crippen LogP contribution is 2.24. The molecule has 0 spiro atoms. The fraction of sp³-hybridized carbons (Fsp3) is 0.421. The standard InChI is InChI=1S/C19H24N2O3/c1-5-12(3)20-17(22)11-24-19(23)18-13(4)14-9-7-8-10-16(14)21-15(18)6-2/h7-10,12H,5-6,11H2,1-4H3,(H,20,22)/t12-/m0/s1. The fourth-order valence-electron chi connectivity index (χ4n) is 2.59. The van der Waals surface area contributed by atoms with Crippen LogP contribution in [-0.2, 0) is 16.0 Å². The first-order valence-electron chi connectivity index (χ1n) is 8.32. The predicted octanol–water partition coefficient (Wildman–Crippen LogP) is 3.18. The normalized spacial score (nSPS) is 12.0. The van der Waals surface area contributed by atoms with Crippen molar-refractivity contribution >= 4 is 22.8 Å². The highest BCUT2D eigenvalue weighted by atomic mass is 16.5. The molecule has 128 valence electrons. The minimum atomic E-state index is -0.498. The summed E-state index contributed by atoms with van der Waals surface area (Å²) < 4.78 is 5.22. The van der Waals surface area contributed by atoms with Crippen LogP contribution in [0.2, 0.25) is 0 Å². The first-order valence-corrected chi connectivity index (χ1v) is 8.32. The summed E-state index contributed by atoms with van der Waals surface area (Å²) in [7, 11) is 0. The maximum Gasteiger partial charge on any atom is 0.340 e. The highest BCUT2D eigenvalue weighted by Gasteiger charge is 2.20. The number of pyridine rings is 1. The van der Waals surface area contributed by atoms with E-state index in [9.17, 15) is 9.59 Å². The summed E-state index contributed by atoms with van der Waals surface area (Å²) >= 11 is 0. The van der Waals surface area contributed by atoms with E-state index in [-0.39, 0.29) is 18.6 Å². The molecular weight excluding hydrogens is 304 g/mol. The van der Waals surface area contributed by atoms with E-state index in [4.69, 9.17) is 4.74 Å². The number of nitrogens with zero attached hydrogens (tertiary/aromatic N) is 1. The minimum Gasteiger partial charge on any atom is -0.452 e. The second kappa shape index (κ2) is 7.90. The number of hydrogen-bond acceptors (Lipinski definition) is 4. The zero-order valence-electron chi connectivity index (χ0n) is 14.7. The lowest BCUT2D eigenvalue weighted by Crippen LogP contribution is -2.35. The van der Waals surface area contributed by atoms with E-state index >= 15 is 0 Å². The Kier molecular flexibility index (Phi) is 5.90. The molecule has 1 atom stereocenters. The van der Waals surface area contributed by atoms with Crippen LogP contribution in [0.4, 0.5) is 0 Å². The van der Waals surface area contributed by atoms with Crippen molar-refractivity contribution in [3.63, 3.8) is 0 Å². The van der Waals surface area contributed by atoms with Crippen LogP contribution in [0.1, 0.15) is 48.8 Å². The van der Waals surface area contributed by atoms with Gasteiger partial charge in [-0.2, -0.15) is 0 Å². The number of ether oxygens (including phenoxy) is 1. The topological polar surface area (TPSA) is 68.3 Å². The molecule has 24 heavy (non-hydrogen) atoms. The molecule has 1 heterocycles. The van der Waals surface area contributed by atoms with Gasteiger partial charge in [-0.05, 0) is 38.3 Å². The van der Waals surface area contributed by atoms with E-state index in [1.807, 2.05) is 52.0 Å². The molecule has 1 aromatic heterocycles. The number of carbonyl (C=O) groups excluding carboxylic acids is 2. The molecular formula is C19H24N2O3. The van der Waals surface area contributed by atoms with E-state index in [2.05, 4.69) is 10.3 Å². The van der Waals surface area contributed by atoms with Gasteiger partial charge in [-0.15, -0.1) is 0 Å². The van der Waals surface area contributed by atoms with Gasteiger partial charge >= 0.3 is 5.97 Å². The Morgan fingerprint density at radius 2 is 1.96 bits per heavy atom. The van der Waals surface area contributed by atoms with Gasteiger partial charge in [0, 0.05) is 11.4 Å². The Balaban J connectivity index is 2.22. The number of rotatable bonds is 6. The van der Waals surface area contributed by atoms with Crippen LogP contribution in [0, 0.1) is 6.92 Å². The predicted molar refractivity (Wildman–Crippen MR) is 94.0 cm³/mol. The number of benzene rings is 1. The van der Waals surface area contributed by atoms with Gasteiger partial charge in [-0.1, -0.05) is 32.0 Å². The van der Waals surface area contributed by atoms with Crippen molar-refractivity contribution in [1.29, 1.82) is 0 Å². The number of para-hydroxylation sites is 1. The maximum atomic E-state index is 12.5. The lowest BCUT2D eigenvalue weighted by atomic mass is 10.0. The molecule has 0 saturated carbocycles. The summed E-state index contributed by atoms with van der Waals surface area (Å²) in [5.41, 5.74) is 2.86. The third-order valence-electron chi connectivity index (χ3n) is 4.12. The van der Waals surface area contributed by atoms with Crippen molar-refractivity contribution in [2.75, 3.05) is 6.61 Å². The zero-order valence-corrected chi connectivity index (χ0v) is 14.7. The lowest BCUT2D eigenvalue weighted by molar-refractivity contribution is -0.124. The van der Waals surface area contributed by atoms with Crippen LogP contribution >= 0.6 is 0 Å². The number of nitrogens with one attached hydrogen (secondary N) is 1. The lowest BCUT2D eigenvalue weighted by Gasteiger charge is -2.14. The quantitative estimate of drug-likeness (QED) is 0.827. The van der Waals surface area contributed by atoms with Gasteiger partial charge < -0.3 is 10.1 Å². The van der Waals surface area contributed by atoms with E-state index in [1.54, 1.807) is 0 Å². The summed E-state index contributed by atoms with van der Waals surface area (Å²) in [4.78, 5) is 28.9. The van der Waals surface area contributed by atoms with Crippen LogP contribution in [0.3, 0.4) is 0 Å². The molecule has 5 nitrogen and oxygen atoms in total. The Labute approximate surface area is 142 Å². The summed E-state index contributed by atoms with van der Waals surface area (Å²) in [6, 6.07) is 7.76. The minimum absolute atomic E-state index is 0.0616. The molecule has 5 heteroatoms. The summed E-state index contributed by atoms with van der Waals surface area (Å²) in [6.07, 6.45) is 1.45. The largest absolute Gasteiger partial charge is 0.452 e. The van der Waals surface area contributed by atoms with Gasteiger partial charge in [0.2, 0.25) is 0 Å². The van der Waals surface area contributed by atoms with Crippen LogP contribution in [-0.4, -0.2) is 29.5 Å². The molecule has 0 unspecified atom stereocenters. The Bertz CT molecular complexity index is 756. The van der Waals surface area contributed by atoms with E-state index in [0.717, 1.165) is 22.9 Å². The first kappa shape index (κ1) is 17.9. The molecule has 0 aliphatic carbocycles. The van der Waals surface area contributed by atoms with Gasteiger partial charge in [-0.25, -0.2) is 4.79 Å². The zero-order chi connectivity index (χ0) is 17.7. The van der Waals surface area contributed by atoms with Crippen LogP contribution in [0.5, 0.6) is 0 Å². The van der Waals surface area contributed by atoms with Crippen molar-refractivity contribution in [1.82, 2.24) is 10.3 Å². The highest BCUT2D eigenvalue weighted by molar-refractivity contribution is 5.99. The first-order chi connectivity index (χ1) is 11.5. The maximum absolute atomic E-state index is 12.5. The number of aryl methyl sites for hydroxylation is 2. The van der Waals surface area contributed by atoms with Gasteiger partial charge in [0.15, 0.2) is 6.61 Å². The molecule has 1 aromatic carbocycles. The molecule has 1 amide bonds. The van der Waals surface area contributed by atoms with Gasteiger partial charge in [0.1, 0.15) is 0 Å². The third kappa shape index (κ3) is 3.91. The van der Waals surface area contributed by atoms with Crippen LogP contribution < -0.4 is 5.32 Å². The Morgan fingerprint density at radius 1 is 1.25 bits per heavy atom. The number of hydrogen-bond donors (Lipinski definition) is 1. The Morgan fingerprint density at radius 3 is 2.62 bits per heavy atom. The average Bonchev–Trinajstić information content (AvgIpc) is 2.59. The van der Waals surface area contributed by atoms with E-state index in [1.165, 1.54) is 0 Å². The van der Waals surface area contributed by atoms with Gasteiger partial charge in [0.05, 0.1) is 16.8 Å². The monoisotopic (exact) mass is 328 g/mol. The number of aromatic nitrogens is 1. The second-order valence-electron chi connectivity index (χ2n) is 5.88. The van der Waals surface area contributed by atoms with Crippen molar-refractivity contribution in [3.05, 3.63) is 41.1 Å². The number of esters is 1. The van der Waals surface area contributed by atoms with Crippen molar-refractivity contribution in [2.45, 2.75) is 46.6 Å². The molecule has 0 aliphatic heterocycles.